The number of aromatic nitrogens is 2. The Morgan fingerprint density at radius 1 is 1.00 bits per heavy atom. The van der Waals surface area contributed by atoms with Gasteiger partial charge in [0.1, 0.15) is 5.69 Å². The van der Waals surface area contributed by atoms with Crippen molar-refractivity contribution in [2.24, 2.45) is 0 Å². The molecule has 0 fully saturated rings. The number of carboxylic acids is 1. The smallest absolute Gasteiger partial charge is 0.352 e. The number of anilines is 1. The van der Waals surface area contributed by atoms with Crippen LogP contribution >= 0.6 is 11.6 Å². The number of hydrogen-bond acceptors (Lipinski definition) is 3. The molecular formula is C25H18ClN3O3. The molecule has 0 saturated heterocycles. The fraction of sp³-hybridized carbons (Fsp3) is 0. The fourth-order valence-corrected chi connectivity index (χ4v) is 3.32. The van der Waals surface area contributed by atoms with Gasteiger partial charge in [-0.05, 0) is 54.1 Å². The second-order valence-corrected chi connectivity index (χ2v) is 7.40. The molecule has 0 unspecified atom stereocenters. The summed E-state index contributed by atoms with van der Waals surface area (Å²) in [7, 11) is 0. The lowest BCUT2D eigenvalue weighted by molar-refractivity contribution is -0.111. The number of fused-ring (bicyclic) bond motifs is 1. The molecule has 4 aromatic rings. The third-order valence-corrected chi connectivity index (χ3v) is 4.92. The third kappa shape index (κ3) is 5.11. The molecule has 2 aromatic heterocycles. The Balaban J connectivity index is 1.45. The molecule has 3 N–H and O–H groups in total. The van der Waals surface area contributed by atoms with Crippen LogP contribution in [0.25, 0.3) is 29.1 Å². The number of carbonyl (C=O) groups excluding carboxylic acids is 1. The summed E-state index contributed by atoms with van der Waals surface area (Å²) in [6.07, 6.45) is 8.05. The predicted molar refractivity (Wildman–Crippen MR) is 128 cm³/mol. The van der Waals surface area contributed by atoms with Gasteiger partial charge in [0.25, 0.3) is 0 Å². The zero-order chi connectivity index (χ0) is 22.5. The maximum absolute atomic E-state index is 12.2. The van der Waals surface area contributed by atoms with Gasteiger partial charge in [-0.15, -0.1) is 0 Å². The molecule has 2 heterocycles. The van der Waals surface area contributed by atoms with Crippen molar-refractivity contribution in [3.05, 3.63) is 100 Å². The predicted octanol–water partition coefficient (Wildman–Crippen LogP) is 5.74. The second-order valence-electron chi connectivity index (χ2n) is 6.97. The molecule has 0 aliphatic rings. The van der Waals surface area contributed by atoms with Crippen LogP contribution in [0.3, 0.4) is 0 Å². The summed E-state index contributed by atoms with van der Waals surface area (Å²) in [5.74, 6) is -1.45. The molecule has 0 radical (unpaired) electrons. The van der Waals surface area contributed by atoms with Crippen LogP contribution in [0.1, 0.15) is 27.3 Å². The van der Waals surface area contributed by atoms with Gasteiger partial charge in [0.05, 0.1) is 11.2 Å². The first-order chi connectivity index (χ1) is 15.5. The van der Waals surface area contributed by atoms with Gasteiger partial charge in [-0.3, -0.25) is 4.79 Å². The lowest BCUT2D eigenvalue weighted by atomic mass is 10.1. The lowest BCUT2D eigenvalue weighted by Gasteiger charge is -2.04. The van der Waals surface area contributed by atoms with Gasteiger partial charge in [-0.1, -0.05) is 41.9 Å². The molecule has 1 amide bonds. The van der Waals surface area contributed by atoms with Gasteiger partial charge >= 0.3 is 5.97 Å². The average Bonchev–Trinajstić information content (AvgIpc) is 3.25. The van der Waals surface area contributed by atoms with E-state index in [2.05, 4.69) is 15.3 Å². The molecule has 0 aliphatic heterocycles. The highest BCUT2D eigenvalue weighted by Gasteiger charge is 2.08. The summed E-state index contributed by atoms with van der Waals surface area (Å²) in [5.41, 5.74) is 3.57. The Morgan fingerprint density at radius 3 is 2.69 bits per heavy atom. The minimum absolute atomic E-state index is 0.0331. The Labute approximate surface area is 188 Å². The molecule has 4 rings (SSSR count). The Kier molecular flexibility index (Phi) is 6.14. The average molecular weight is 444 g/mol. The van der Waals surface area contributed by atoms with Crippen LogP contribution in [0.5, 0.6) is 0 Å². The van der Waals surface area contributed by atoms with Crippen molar-refractivity contribution >= 4 is 58.3 Å². The number of H-pyrrole nitrogens is 1. The SMILES string of the molecule is O=C(/C=C/c1cc[nH]c1C(=O)O)Nc1cccc(/C=C/c2ccc3ccc(Cl)cc3n2)c1. The molecule has 0 bridgehead atoms. The fourth-order valence-electron chi connectivity index (χ4n) is 3.16. The van der Waals surface area contributed by atoms with Crippen LogP contribution in [0.15, 0.2) is 72.9 Å². The normalized spacial score (nSPS) is 11.4. The van der Waals surface area contributed by atoms with Crippen LogP contribution in [-0.4, -0.2) is 27.0 Å². The van der Waals surface area contributed by atoms with Gasteiger partial charge in [0.2, 0.25) is 5.91 Å². The number of halogens is 1. The number of benzene rings is 2. The number of carbonyl (C=O) groups is 2. The quantitative estimate of drug-likeness (QED) is 0.331. The Morgan fingerprint density at radius 2 is 1.84 bits per heavy atom. The van der Waals surface area contributed by atoms with E-state index in [0.29, 0.717) is 16.3 Å². The molecule has 2 aromatic carbocycles. The van der Waals surface area contributed by atoms with Gasteiger partial charge in [-0.2, -0.15) is 0 Å². The minimum atomic E-state index is -1.08. The van der Waals surface area contributed by atoms with Crippen molar-refractivity contribution in [1.82, 2.24) is 9.97 Å². The number of amides is 1. The standard InChI is InChI=1S/C25H18ClN3O3/c26-19-8-5-17-6-10-20(28-22(17)15-19)9-4-16-2-1-3-21(14-16)29-23(30)11-7-18-12-13-27-24(18)25(31)32/h1-15,27H,(H,29,30)(H,31,32)/b9-4+,11-7+. The van der Waals surface area contributed by atoms with E-state index in [-0.39, 0.29) is 11.6 Å². The lowest BCUT2D eigenvalue weighted by Crippen LogP contribution is -2.08. The van der Waals surface area contributed by atoms with Crippen molar-refractivity contribution in [2.75, 3.05) is 5.32 Å². The van der Waals surface area contributed by atoms with E-state index in [1.165, 1.54) is 18.3 Å². The Bertz CT molecular complexity index is 1370. The summed E-state index contributed by atoms with van der Waals surface area (Å²) >= 11 is 6.05. The number of nitrogens with one attached hydrogen (secondary N) is 2. The number of aromatic carboxylic acids is 1. The summed E-state index contributed by atoms with van der Waals surface area (Å²) < 4.78 is 0. The minimum Gasteiger partial charge on any atom is -0.477 e. The summed E-state index contributed by atoms with van der Waals surface area (Å²) in [4.78, 5) is 30.6. The third-order valence-electron chi connectivity index (χ3n) is 4.68. The number of carboxylic acid groups (broad SMARTS) is 1. The van der Waals surface area contributed by atoms with Crippen LogP contribution < -0.4 is 5.32 Å². The number of aromatic amines is 1. The topological polar surface area (TPSA) is 95.1 Å². The summed E-state index contributed by atoms with van der Waals surface area (Å²) in [6.45, 7) is 0. The van der Waals surface area contributed by atoms with E-state index < -0.39 is 5.97 Å². The van der Waals surface area contributed by atoms with E-state index in [9.17, 15) is 9.59 Å². The van der Waals surface area contributed by atoms with Gasteiger partial charge in [-0.25, -0.2) is 9.78 Å². The van der Waals surface area contributed by atoms with Crippen molar-refractivity contribution in [3.8, 4) is 0 Å². The van der Waals surface area contributed by atoms with Crippen molar-refractivity contribution < 1.29 is 14.7 Å². The van der Waals surface area contributed by atoms with E-state index in [0.717, 1.165) is 22.2 Å². The number of nitrogens with zero attached hydrogens (tertiary/aromatic N) is 1. The second kappa shape index (κ2) is 9.32. The van der Waals surface area contributed by atoms with Gasteiger partial charge in [0.15, 0.2) is 0 Å². The van der Waals surface area contributed by atoms with E-state index in [1.54, 1.807) is 12.1 Å². The van der Waals surface area contributed by atoms with E-state index >= 15 is 0 Å². The molecule has 158 valence electrons. The van der Waals surface area contributed by atoms with Gasteiger partial charge in [0, 0.05) is 33.9 Å². The number of hydrogen-bond donors (Lipinski definition) is 3. The van der Waals surface area contributed by atoms with Crippen molar-refractivity contribution in [1.29, 1.82) is 0 Å². The summed E-state index contributed by atoms with van der Waals surface area (Å²) in [6, 6.07) is 18.4. The molecule has 0 spiro atoms. The first kappa shape index (κ1) is 21.1. The number of pyridine rings is 1. The molecule has 0 aliphatic carbocycles. The highest BCUT2D eigenvalue weighted by Crippen LogP contribution is 2.19. The maximum Gasteiger partial charge on any atom is 0.352 e. The van der Waals surface area contributed by atoms with Crippen molar-refractivity contribution in [2.45, 2.75) is 0 Å². The molecule has 0 atom stereocenters. The highest BCUT2D eigenvalue weighted by molar-refractivity contribution is 6.31. The zero-order valence-electron chi connectivity index (χ0n) is 16.7. The molecule has 32 heavy (non-hydrogen) atoms. The monoisotopic (exact) mass is 443 g/mol. The highest BCUT2D eigenvalue weighted by atomic mass is 35.5. The van der Waals surface area contributed by atoms with Gasteiger partial charge < -0.3 is 15.4 Å². The maximum atomic E-state index is 12.2. The summed E-state index contributed by atoms with van der Waals surface area (Å²) in [5, 5.41) is 13.5. The number of rotatable bonds is 6. The van der Waals surface area contributed by atoms with Crippen LogP contribution in [0.4, 0.5) is 5.69 Å². The molecule has 0 saturated carbocycles. The first-order valence-corrected chi connectivity index (χ1v) is 10.1. The zero-order valence-corrected chi connectivity index (χ0v) is 17.5. The van der Waals surface area contributed by atoms with Crippen LogP contribution in [0.2, 0.25) is 5.02 Å². The molecule has 6 nitrogen and oxygen atoms in total. The van der Waals surface area contributed by atoms with Crippen molar-refractivity contribution in [3.63, 3.8) is 0 Å². The largest absolute Gasteiger partial charge is 0.477 e. The van der Waals surface area contributed by atoms with Crippen LogP contribution in [0, 0.1) is 0 Å². The van der Waals surface area contributed by atoms with E-state index in [1.807, 2.05) is 60.7 Å². The van der Waals surface area contributed by atoms with Crippen LogP contribution in [-0.2, 0) is 4.79 Å². The first-order valence-electron chi connectivity index (χ1n) is 9.72. The molecule has 7 heteroatoms. The molecular weight excluding hydrogens is 426 g/mol. The van der Waals surface area contributed by atoms with E-state index in [4.69, 9.17) is 16.7 Å². The Hall–Kier alpha value is -4.16.